The van der Waals surface area contributed by atoms with Gasteiger partial charge in [-0.15, -0.1) is 24.8 Å². The minimum Gasteiger partial charge on any atom is -0.385 e. The lowest BCUT2D eigenvalue weighted by atomic mass is 10.0. The molecular formula is C18H31Cl2N3O2. The number of amides is 1. The number of carbonyl (C=O) groups excluding carboxylic acids is 1. The van der Waals surface area contributed by atoms with Crippen molar-refractivity contribution < 1.29 is 9.53 Å². The zero-order valence-corrected chi connectivity index (χ0v) is 16.5. The van der Waals surface area contributed by atoms with E-state index in [0.717, 1.165) is 51.1 Å². The minimum absolute atomic E-state index is 0. The van der Waals surface area contributed by atoms with E-state index in [2.05, 4.69) is 10.2 Å². The van der Waals surface area contributed by atoms with Gasteiger partial charge >= 0.3 is 0 Å². The lowest BCUT2D eigenvalue weighted by molar-refractivity contribution is -0.122. The fraction of sp³-hybridized carbons (Fsp3) is 0.611. The number of benzene rings is 1. The molecule has 1 fully saturated rings. The van der Waals surface area contributed by atoms with E-state index in [0.29, 0.717) is 6.42 Å². The molecule has 0 radical (unpaired) electrons. The number of carbonyl (C=O) groups is 1. The Morgan fingerprint density at radius 2 is 1.92 bits per heavy atom. The van der Waals surface area contributed by atoms with E-state index < -0.39 is 0 Å². The fourth-order valence-corrected chi connectivity index (χ4v) is 3.04. The predicted molar refractivity (Wildman–Crippen MR) is 107 cm³/mol. The molecule has 0 aromatic heterocycles. The number of likely N-dealkylation sites (tertiary alicyclic amines) is 1. The quantitative estimate of drug-likeness (QED) is 0.668. The van der Waals surface area contributed by atoms with E-state index in [4.69, 9.17) is 10.5 Å². The predicted octanol–water partition coefficient (Wildman–Crippen LogP) is 2.54. The van der Waals surface area contributed by atoms with Crippen LogP contribution in [0.4, 0.5) is 0 Å². The molecule has 0 saturated carbocycles. The largest absolute Gasteiger partial charge is 0.385 e. The number of nitrogens with zero attached hydrogens (tertiary/aromatic N) is 1. The second kappa shape index (κ2) is 13.4. The van der Waals surface area contributed by atoms with Crippen molar-refractivity contribution >= 4 is 30.7 Å². The van der Waals surface area contributed by atoms with Crippen LogP contribution in [0, 0.1) is 0 Å². The second-order valence-corrected chi connectivity index (χ2v) is 6.25. The van der Waals surface area contributed by atoms with E-state index in [-0.39, 0.29) is 42.8 Å². The summed E-state index contributed by atoms with van der Waals surface area (Å²) in [5, 5.41) is 3.14. The third kappa shape index (κ3) is 8.88. The van der Waals surface area contributed by atoms with Gasteiger partial charge in [0.25, 0.3) is 0 Å². The molecule has 1 unspecified atom stereocenters. The summed E-state index contributed by atoms with van der Waals surface area (Å²) in [6, 6.07) is 9.84. The van der Waals surface area contributed by atoms with Gasteiger partial charge in [-0.25, -0.2) is 0 Å². The maximum Gasteiger partial charge on any atom is 0.222 e. The van der Waals surface area contributed by atoms with Gasteiger partial charge in [-0.1, -0.05) is 30.3 Å². The molecule has 1 aliphatic rings. The number of ether oxygens (including phenoxy) is 1. The number of hydrogen-bond acceptors (Lipinski definition) is 4. The maximum absolute atomic E-state index is 12.2. The van der Waals surface area contributed by atoms with E-state index >= 15 is 0 Å². The Morgan fingerprint density at radius 3 is 2.52 bits per heavy atom. The molecular weight excluding hydrogens is 361 g/mol. The number of nitrogens with two attached hydrogens (primary N) is 1. The van der Waals surface area contributed by atoms with Gasteiger partial charge < -0.3 is 20.7 Å². The van der Waals surface area contributed by atoms with Gasteiger partial charge in [0.15, 0.2) is 0 Å². The minimum atomic E-state index is -0.231. The lowest BCUT2D eigenvalue weighted by Gasteiger charge is -2.32. The Hall–Kier alpha value is -0.850. The standard InChI is InChI=1S/C18H29N3O2.2ClH/c1-23-13-5-10-21-11-8-16(9-12-21)20-18(22)14-17(19)15-6-3-2-4-7-15;;/h2-4,6-7,16-17H,5,8-14,19H2,1H3,(H,20,22);2*1H. The molecule has 5 nitrogen and oxygen atoms in total. The normalized spacial score (nSPS) is 16.4. The first kappa shape index (κ1) is 24.1. The van der Waals surface area contributed by atoms with E-state index in [1.807, 2.05) is 30.3 Å². The molecule has 2 rings (SSSR count). The summed E-state index contributed by atoms with van der Waals surface area (Å²) in [6.07, 6.45) is 3.44. The molecule has 144 valence electrons. The second-order valence-electron chi connectivity index (χ2n) is 6.25. The van der Waals surface area contributed by atoms with Crippen LogP contribution >= 0.6 is 24.8 Å². The molecule has 0 spiro atoms. The van der Waals surface area contributed by atoms with Crippen LogP contribution in [-0.2, 0) is 9.53 Å². The molecule has 0 aliphatic carbocycles. The SMILES string of the molecule is COCCCN1CCC(NC(=O)CC(N)c2ccccc2)CC1.Cl.Cl. The highest BCUT2D eigenvalue weighted by Gasteiger charge is 2.21. The molecule has 1 aromatic rings. The van der Waals surface area contributed by atoms with Gasteiger partial charge in [0.05, 0.1) is 0 Å². The van der Waals surface area contributed by atoms with Crippen molar-refractivity contribution in [3.8, 4) is 0 Å². The number of halogens is 2. The summed E-state index contributed by atoms with van der Waals surface area (Å²) >= 11 is 0. The first-order valence-corrected chi connectivity index (χ1v) is 8.50. The molecule has 1 atom stereocenters. The van der Waals surface area contributed by atoms with Gasteiger partial charge in [0, 0.05) is 51.9 Å². The van der Waals surface area contributed by atoms with Crippen molar-refractivity contribution in [2.75, 3.05) is 33.4 Å². The zero-order chi connectivity index (χ0) is 16.5. The number of piperidine rings is 1. The summed E-state index contributed by atoms with van der Waals surface area (Å²) < 4.78 is 5.08. The lowest BCUT2D eigenvalue weighted by Crippen LogP contribution is -2.45. The Morgan fingerprint density at radius 1 is 1.28 bits per heavy atom. The third-order valence-corrected chi connectivity index (χ3v) is 4.41. The third-order valence-electron chi connectivity index (χ3n) is 4.41. The summed E-state index contributed by atoms with van der Waals surface area (Å²) in [4.78, 5) is 14.6. The van der Waals surface area contributed by atoms with Gasteiger partial charge in [0.1, 0.15) is 0 Å². The van der Waals surface area contributed by atoms with Crippen molar-refractivity contribution in [2.45, 2.75) is 37.8 Å². The van der Waals surface area contributed by atoms with Crippen LogP contribution in [0.2, 0.25) is 0 Å². The molecule has 1 heterocycles. The molecule has 1 aromatic carbocycles. The number of rotatable bonds is 8. The van der Waals surface area contributed by atoms with Gasteiger partial charge in [-0.2, -0.15) is 0 Å². The smallest absolute Gasteiger partial charge is 0.222 e. The van der Waals surface area contributed by atoms with Crippen molar-refractivity contribution in [3.63, 3.8) is 0 Å². The molecule has 3 N–H and O–H groups in total. The first-order valence-electron chi connectivity index (χ1n) is 8.50. The summed E-state index contributed by atoms with van der Waals surface area (Å²) in [5.74, 6) is 0.0548. The monoisotopic (exact) mass is 391 g/mol. The molecule has 1 amide bonds. The van der Waals surface area contributed by atoms with E-state index in [1.54, 1.807) is 7.11 Å². The zero-order valence-electron chi connectivity index (χ0n) is 14.9. The van der Waals surface area contributed by atoms with Crippen molar-refractivity contribution in [1.82, 2.24) is 10.2 Å². The van der Waals surface area contributed by atoms with Crippen molar-refractivity contribution in [3.05, 3.63) is 35.9 Å². The molecule has 7 heteroatoms. The van der Waals surface area contributed by atoms with Crippen LogP contribution < -0.4 is 11.1 Å². The van der Waals surface area contributed by atoms with Gasteiger partial charge in [0.2, 0.25) is 5.91 Å². The van der Waals surface area contributed by atoms with Crippen molar-refractivity contribution in [2.24, 2.45) is 5.73 Å². The Bertz CT molecular complexity index is 469. The summed E-state index contributed by atoms with van der Waals surface area (Å²) in [6.45, 7) is 3.97. The highest BCUT2D eigenvalue weighted by Crippen LogP contribution is 2.15. The fourth-order valence-electron chi connectivity index (χ4n) is 3.04. The van der Waals surface area contributed by atoms with Gasteiger partial charge in [-0.05, 0) is 24.8 Å². The highest BCUT2D eigenvalue weighted by atomic mass is 35.5. The first-order chi connectivity index (χ1) is 11.2. The van der Waals surface area contributed by atoms with Crippen LogP contribution in [0.5, 0.6) is 0 Å². The number of hydrogen-bond donors (Lipinski definition) is 2. The Kier molecular flexibility index (Phi) is 12.9. The van der Waals surface area contributed by atoms with Crippen LogP contribution in [-0.4, -0.2) is 50.2 Å². The summed E-state index contributed by atoms with van der Waals surface area (Å²) in [7, 11) is 1.74. The van der Waals surface area contributed by atoms with Crippen LogP contribution in [0.1, 0.15) is 37.3 Å². The van der Waals surface area contributed by atoms with Gasteiger partial charge in [-0.3, -0.25) is 4.79 Å². The molecule has 1 aliphatic heterocycles. The van der Waals surface area contributed by atoms with Crippen LogP contribution in [0.15, 0.2) is 30.3 Å². The molecule has 1 saturated heterocycles. The Balaban J connectivity index is 0.00000288. The van der Waals surface area contributed by atoms with E-state index in [9.17, 15) is 4.79 Å². The van der Waals surface area contributed by atoms with Crippen molar-refractivity contribution in [1.29, 1.82) is 0 Å². The topological polar surface area (TPSA) is 67.6 Å². The Labute approximate surface area is 163 Å². The number of nitrogens with one attached hydrogen (secondary N) is 1. The van der Waals surface area contributed by atoms with Crippen LogP contribution in [0.3, 0.4) is 0 Å². The average molecular weight is 392 g/mol. The van der Waals surface area contributed by atoms with Crippen LogP contribution in [0.25, 0.3) is 0 Å². The van der Waals surface area contributed by atoms with E-state index in [1.165, 1.54) is 0 Å². The molecule has 25 heavy (non-hydrogen) atoms. The number of methoxy groups -OCH3 is 1. The molecule has 0 bridgehead atoms. The average Bonchev–Trinajstić information content (AvgIpc) is 2.57. The summed E-state index contributed by atoms with van der Waals surface area (Å²) in [5.41, 5.74) is 7.12. The highest BCUT2D eigenvalue weighted by molar-refractivity contribution is 5.85. The maximum atomic E-state index is 12.2.